The van der Waals surface area contributed by atoms with Gasteiger partial charge in [-0.15, -0.1) is 0 Å². The molecule has 0 aromatic heterocycles. The van der Waals surface area contributed by atoms with Crippen molar-refractivity contribution in [2.75, 3.05) is 0 Å². The summed E-state index contributed by atoms with van der Waals surface area (Å²) < 4.78 is 6.32. The summed E-state index contributed by atoms with van der Waals surface area (Å²) in [6, 6.07) is 10.4. The van der Waals surface area contributed by atoms with Gasteiger partial charge in [-0.2, -0.15) is 0 Å². The first kappa shape index (κ1) is 23.7. The van der Waals surface area contributed by atoms with E-state index < -0.39 is 17.3 Å². The number of hydrogen-bond acceptors (Lipinski definition) is 4. The highest BCUT2D eigenvalue weighted by Gasteiger charge is 2.58. The number of benzene rings is 1. The molecular formula is C29H36O4. The van der Waals surface area contributed by atoms with Crippen molar-refractivity contribution in [3.63, 3.8) is 0 Å². The van der Waals surface area contributed by atoms with Gasteiger partial charge < -0.3 is 4.74 Å². The Hall–Kier alpha value is -2.49. The maximum absolute atomic E-state index is 13.9. The average molecular weight is 449 g/mol. The Balaban J connectivity index is 1.68. The molecule has 0 bridgehead atoms. The molecule has 0 N–H and O–H groups in total. The second-order valence-electron chi connectivity index (χ2n) is 11.1. The molecule has 33 heavy (non-hydrogen) atoms. The summed E-state index contributed by atoms with van der Waals surface area (Å²) in [5.41, 5.74) is 1.72. The molecule has 0 heterocycles. The number of ketones is 2. The fourth-order valence-electron chi connectivity index (χ4n) is 6.30. The van der Waals surface area contributed by atoms with Gasteiger partial charge in [0, 0.05) is 11.8 Å². The van der Waals surface area contributed by atoms with Gasteiger partial charge >= 0.3 is 5.97 Å². The Bertz CT molecular complexity index is 1020. The average Bonchev–Trinajstić information content (AvgIpc) is 2.78. The van der Waals surface area contributed by atoms with Gasteiger partial charge in [0.15, 0.2) is 11.6 Å². The molecule has 1 aromatic carbocycles. The highest BCUT2D eigenvalue weighted by atomic mass is 16.5. The third kappa shape index (κ3) is 4.02. The molecule has 0 amide bonds. The highest BCUT2D eigenvalue weighted by Crippen LogP contribution is 2.50. The van der Waals surface area contributed by atoms with Crippen LogP contribution in [0.15, 0.2) is 53.6 Å². The van der Waals surface area contributed by atoms with Crippen LogP contribution in [-0.2, 0) is 24.5 Å². The number of esters is 1. The van der Waals surface area contributed by atoms with Gasteiger partial charge in [0.1, 0.15) is 11.5 Å². The molecule has 3 aliphatic rings. The van der Waals surface area contributed by atoms with E-state index in [2.05, 4.69) is 32.9 Å². The molecule has 1 saturated carbocycles. The summed E-state index contributed by atoms with van der Waals surface area (Å²) in [5.74, 6) is -1.01. The lowest BCUT2D eigenvalue weighted by Gasteiger charge is -2.46. The monoisotopic (exact) mass is 448 g/mol. The van der Waals surface area contributed by atoms with Gasteiger partial charge in [0.05, 0.1) is 0 Å². The van der Waals surface area contributed by atoms with E-state index in [1.165, 1.54) is 17.7 Å². The Kier molecular flexibility index (Phi) is 6.24. The lowest BCUT2D eigenvalue weighted by Crippen LogP contribution is -2.54. The summed E-state index contributed by atoms with van der Waals surface area (Å²) in [6.07, 6.45) is 5.89. The largest absolute Gasteiger partial charge is 0.461 e. The van der Waals surface area contributed by atoms with Crippen molar-refractivity contribution in [1.82, 2.24) is 0 Å². The van der Waals surface area contributed by atoms with E-state index in [0.29, 0.717) is 12.3 Å². The number of fused-ring (bicyclic) bond motifs is 1. The van der Waals surface area contributed by atoms with E-state index in [4.69, 9.17) is 4.74 Å². The zero-order valence-corrected chi connectivity index (χ0v) is 20.5. The standard InChI is InChI=1S/C29H36O4/c1-18-11-12-22(28(4,5)21-9-7-6-8-10-21)25(15-18)33-27(32)29-17-20(3)19(2)16-23(29)24(30)13-14-26(29)31/h6-10,13-14,18,22-23,25H,11-12,15-17H2,1-5H3/t18-,22-,23-,25-,29+/m1/s1. The van der Waals surface area contributed by atoms with E-state index in [0.717, 1.165) is 30.4 Å². The number of carbonyl (C=O) groups excluding carboxylic acids is 3. The van der Waals surface area contributed by atoms with Crippen LogP contribution in [0.3, 0.4) is 0 Å². The first-order valence-corrected chi connectivity index (χ1v) is 12.3. The first-order valence-electron chi connectivity index (χ1n) is 12.3. The molecular weight excluding hydrogens is 412 g/mol. The zero-order valence-electron chi connectivity index (χ0n) is 20.5. The van der Waals surface area contributed by atoms with Gasteiger partial charge in [0.25, 0.3) is 0 Å². The van der Waals surface area contributed by atoms with Crippen molar-refractivity contribution in [2.45, 2.75) is 78.2 Å². The van der Waals surface area contributed by atoms with Crippen molar-refractivity contribution >= 4 is 17.5 Å². The number of rotatable bonds is 4. The Morgan fingerprint density at radius 1 is 1.03 bits per heavy atom. The smallest absolute Gasteiger partial charge is 0.321 e. The lowest BCUT2D eigenvalue weighted by atomic mass is 9.59. The Morgan fingerprint density at radius 2 is 1.73 bits per heavy atom. The maximum atomic E-state index is 13.9. The molecule has 0 unspecified atom stereocenters. The molecule has 5 atom stereocenters. The highest BCUT2D eigenvalue weighted by molar-refractivity contribution is 6.18. The lowest BCUT2D eigenvalue weighted by molar-refractivity contribution is -0.177. The number of allylic oxidation sites excluding steroid dienone is 4. The van der Waals surface area contributed by atoms with Crippen LogP contribution in [0.4, 0.5) is 0 Å². The van der Waals surface area contributed by atoms with Crippen LogP contribution in [0.5, 0.6) is 0 Å². The van der Waals surface area contributed by atoms with E-state index in [1.807, 2.05) is 32.0 Å². The SMILES string of the molecule is CC1=C(C)C[C@@]2(C(=O)O[C@@H]3C[C@H](C)CC[C@H]3C(C)(C)c3ccccc3)C(=O)C=CC(=O)[C@H]2C1. The van der Waals surface area contributed by atoms with Gasteiger partial charge in [-0.1, -0.05) is 68.7 Å². The summed E-state index contributed by atoms with van der Waals surface area (Å²) in [4.78, 5) is 39.9. The van der Waals surface area contributed by atoms with Crippen LogP contribution < -0.4 is 0 Å². The van der Waals surface area contributed by atoms with Crippen LogP contribution in [-0.4, -0.2) is 23.6 Å². The van der Waals surface area contributed by atoms with E-state index in [9.17, 15) is 14.4 Å². The topological polar surface area (TPSA) is 60.4 Å². The summed E-state index contributed by atoms with van der Waals surface area (Å²) in [5, 5.41) is 0. The normalized spacial score (nSPS) is 32.5. The molecule has 4 nitrogen and oxygen atoms in total. The molecule has 1 aromatic rings. The zero-order chi connectivity index (χ0) is 24.0. The van der Waals surface area contributed by atoms with Gasteiger partial charge in [-0.05, 0) is 68.6 Å². The molecule has 1 fully saturated rings. The predicted octanol–water partition coefficient (Wildman–Crippen LogP) is 5.75. The molecule has 0 saturated heterocycles. The van der Waals surface area contributed by atoms with Crippen molar-refractivity contribution < 1.29 is 19.1 Å². The van der Waals surface area contributed by atoms with E-state index >= 15 is 0 Å². The molecule has 0 spiro atoms. The number of hydrogen-bond donors (Lipinski definition) is 0. The third-order valence-electron chi connectivity index (χ3n) is 8.68. The van der Waals surface area contributed by atoms with Gasteiger partial charge in [0.2, 0.25) is 0 Å². The quantitative estimate of drug-likeness (QED) is 0.334. The molecule has 0 radical (unpaired) electrons. The van der Waals surface area contributed by atoms with Crippen molar-refractivity contribution in [1.29, 1.82) is 0 Å². The maximum Gasteiger partial charge on any atom is 0.321 e. The minimum atomic E-state index is -1.42. The summed E-state index contributed by atoms with van der Waals surface area (Å²) in [6.45, 7) is 10.6. The van der Waals surface area contributed by atoms with E-state index in [1.54, 1.807) is 0 Å². The Morgan fingerprint density at radius 3 is 2.42 bits per heavy atom. The van der Waals surface area contributed by atoms with Crippen molar-refractivity contribution in [2.24, 2.45) is 23.2 Å². The molecule has 4 rings (SSSR count). The number of ether oxygens (including phenoxy) is 1. The minimum Gasteiger partial charge on any atom is -0.461 e. The third-order valence-corrected chi connectivity index (χ3v) is 8.68. The first-order chi connectivity index (χ1) is 15.6. The molecule has 0 aliphatic heterocycles. The summed E-state index contributed by atoms with van der Waals surface area (Å²) >= 11 is 0. The minimum absolute atomic E-state index is 0.141. The fourth-order valence-corrected chi connectivity index (χ4v) is 6.30. The van der Waals surface area contributed by atoms with Crippen LogP contribution >= 0.6 is 0 Å². The van der Waals surface area contributed by atoms with Crippen molar-refractivity contribution in [3.8, 4) is 0 Å². The van der Waals surface area contributed by atoms with Crippen LogP contribution in [0.2, 0.25) is 0 Å². The van der Waals surface area contributed by atoms with Crippen molar-refractivity contribution in [3.05, 3.63) is 59.2 Å². The molecule has 4 heteroatoms. The second-order valence-corrected chi connectivity index (χ2v) is 11.1. The fraction of sp³-hybridized carbons (Fsp3) is 0.552. The van der Waals surface area contributed by atoms with Gasteiger partial charge in [-0.25, -0.2) is 0 Å². The van der Waals surface area contributed by atoms with Gasteiger partial charge in [-0.3, -0.25) is 14.4 Å². The summed E-state index contributed by atoms with van der Waals surface area (Å²) in [7, 11) is 0. The number of carbonyl (C=O) groups is 3. The van der Waals surface area contributed by atoms with Crippen LogP contribution in [0.25, 0.3) is 0 Å². The molecule has 3 aliphatic carbocycles. The molecule has 176 valence electrons. The predicted molar refractivity (Wildman–Crippen MR) is 129 cm³/mol. The van der Waals surface area contributed by atoms with Crippen LogP contribution in [0, 0.1) is 23.2 Å². The van der Waals surface area contributed by atoms with Crippen LogP contribution in [0.1, 0.15) is 72.3 Å². The second kappa shape index (κ2) is 8.70. The Labute approximate surface area is 197 Å². The van der Waals surface area contributed by atoms with E-state index in [-0.39, 0.29) is 35.4 Å².